The second-order valence-corrected chi connectivity index (χ2v) is 6.82. The molecule has 0 aliphatic carbocycles. The Balaban J connectivity index is 1.87. The van der Waals surface area contributed by atoms with E-state index in [1.165, 1.54) is 0 Å². The van der Waals surface area contributed by atoms with Crippen LogP contribution in [0, 0.1) is 5.82 Å². The average Bonchev–Trinajstić information content (AvgIpc) is 2.60. The monoisotopic (exact) mass is 360 g/mol. The minimum Gasteiger partial charge on any atom is -0.381 e. The Hall–Kier alpha value is -1.18. The zero-order valence-electron chi connectivity index (χ0n) is 14.1. The first-order valence-electron chi connectivity index (χ1n) is 8.85. The van der Waals surface area contributed by atoms with Gasteiger partial charge < -0.3 is 10.1 Å². The molecule has 1 N–H and O–H groups in total. The molecule has 0 unspecified atom stereocenters. The molecule has 7 heteroatoms. The van der Waals surface area contributed by atoms with E-state index in [-0.39, 0.29) is 24.2 Å². The molecule has 1 aromatic carbocycles. The maximum Gasteiger partial charge on any atom is 0.416 e. The lowest BCUT2D eigenvalue weighted by Crippen LogP contribution is -2.51. The SMILES string of the molecule is Fc1ccc(C(F)(F)F)c(CN(C2CCOCC2)[C@@H]2CCCNC2)c1. The average molecular weight is 360 g/mol. The largest absolute Gasteiger partial charge is 0.416 e. The van der Waals surface area contributed by atoms with E-state index < -0.39 is 17.6 Å². The minimum absolute atomic E-state index is 0.0181. The zero-order chi connectivity index (χ0) is 17.9. The summed E-state index contributed by atoms with van der Waals surface area (Å²) in [6, 6.07) is 3.11. The van der Waals surface area contributed by atoms with Crippen molar-refractivity contribution < 1.29 is 22.3 Å². The third-order valence-electron chi connectivity index (χ3n) is 5.13. The van der Waals surface area contributed by atoms with Crippen molar-refractivity contribution >= 4 is 0 Å². The smallest absolute Gasteiger partial charge is 0.381 e. The van der Waals surface area contributed by atoms with Crippen molar-refractivity contribution in [1.29, 1.82) is 0 Å². The number of benzene rings is 1. The molecular formula is C18H24F4N2O. The highest BCUT2D eigenvalue weighted by atomic mass is 19.4. The van der Waals surface area contributed by atoms with Crippen LogP contribution in [0.25, 0.3) is 0 Å². The van der Waals surface area contributed by atoms with Gasteiger partial charge in [-0.25, -0.2) is 4.39 Å². The first-order valence-corrected chi connectivity index (χ1v) is 8.85. The van der Waals surface area contributed by atoms with Gasteiger partial charge in [-0.3, -0.25) is 4.90 Å². The molecule has 0 saturated carbocycles. The number of nitrogens with zero attached hydrogens (tertiary/aromatic N) is 1. The van der Waals surface area contributed by atoms with E-state index in [1.807, 2.05) is 0 Å². The van der Waals surface area contributed by atoms with Gasteiger partial charge in [0.05, 0.1) is 5.56 Å². The summed E-state index contributed by atoms with van der Waals surface area (Å²) >= 11 is 0. The van der Waals surface area contributed by atoms with E-state index in [4.69, 9.17) is 4.74 Å². The van der Waals surface area contributed by atoms with Gasteiger partial charge in [0, 0.05) is 38.4 Å². The van der Waals surface area contributed by atoms with Crippen molar-refractivity contribution in [3.05, 3.63) is 35.1 Å². The molecule has 2 heterocycles. The molecule has 1 aromatic rings. The van der Waals surface area contributed by atoms with Gasteiger partial charge in [-0.15, -0.1) is 0 Å². The molecule has 0 radical (unpaired) electrons. The van der Waals surface area contributed by atoms with Crippen molar-refractivity contribution in [2.45, 2.75) is 50.5 Å². The van der Waals surface area contributed by atoms with E-state index >= 15 is 0 Å². The Labute approximate surface area is 145 Å². The number of nitrogens with one attached hydrogen (secondary N) is 1. The maximum atomic E-state index is 13.7. The molecule has 2 fully saturated rings. The van der Waals surface area contributed by atoms with Crippen LogP contribution in [0.15, 0.2) is 18.2 Å². The normalized spacial score (nSPS) is 23.2. The van der Waals surface area contributed by atoms with E-state index in [2.05, 4.69) is 10.2 Å². The molecule has 0 bridgehead atoms. The second-order valence-electron chi connectivity index (χ2n) is 6.82. The maximum absolute atomic E-state index is 13.7. The van der Waals surface area contributed by atoms with E-state index in [9.17, 15) is 17.6 Å². The summed E-state index contributed by atoms with van der Waals surface area (Å²) in [6.45, 7) is 3.05. The third kappa shape index (κ3) is 4.71. The first-order chi connectivity index (χ1) is 11.9. The molecule has 3 nitrogen and oxygen atoms in total. The quantitative estimate of drug-likeness (QED) is 0.831. The number of ether oxygens (including phenoxy) is 1. The Morgan fingerprint density at radius 3 is 2.52 bits per heavy atom. The van der Waals surface area contributed by atoms with E-state index in [0.29, 0.717) is 13.2 Å². The number of alkyl halides is 3. The van der Waals surface area contributed by atoms with Gasteiger partial charge in [0.2, 0.25) is 0 Å². The molecule has 3 rings (SSSR count). The molecule has 1 atom stereocenters. The lowest BCUT2D eigenvalue weighted by atomic mass is 9.97. The number of hydrogen-bond acceptors (Lipinski definition) is 3. The Bertz CT molecular complexity index is 549. The molecule has 0 amide bonds. The Kier molecular flexibility index (Phi) is 5.96. The summed E-state index contributed by atoms with van der Waals surface area (Å²) < 4.78 is 59.1. The van der Waals surface area contributed by atoms with Crippen molar-refractivity contribution in [2.24, 2.45) is 0 Å². The highest BCUT2D eigenvalue weighted by Crippen LogP contribution is 2.34. The predicted molar refractivity (Wildman–Crippen MR) is 86.7 cm³/mol. The molecule has 2 aliphatic rings. The standard InChI is InChI=1S/C18H24F4N2O/c19-14-3-4-17(18(20,21)22)13(10-14)12-24(15-5-8-25-9-6-15)16-2-1-7-23-11-16/h3-4,10,15-16,23H,1-2,5-9,11-12H2/t16-/m1/s1. The highest BCUT2D eigenvalue weighted by Gasteiger charge is 2.36. The van der Waals surface area contributed by atoms with Crippen LogP contribution in [0.5, 0.6) is 0 Å². The molecule has 0 aromatic heterocycles. The topological polar surface area (TPSA) is 24.5 Å². The highest BCUT2D eigenvalue weighted by molar-refractivity contribution is 5.30. The van der Waals surface area contributed by atoms with Crippen LogP contribution in [0.2, 0.25) is 0 Å². The fourth-order valence-corrected chi connectivity index (χ4v) is 3.86. The summed E-state index contributed by atoms with van der Waals surface area (Å²) in [5.41, 5.74) is -0.723. The van der Waals surface area contributed by atoms with Crippen molar-refractivity contribution in [3.63, 3.8) is 0 Å². The number of rotatable bonds is 4. The summed E-state index contributed by atoms with van der Waals surface area (Å²) in [7, 11) is 0. The van der Waals surface area contributed by atoms with Gasteiger partial charge in [0.25, 0.3) is 0 Å². The number of halogens is 4. The first kappa shape index (κ1) is 18.6. The van der Waals surface area contributed by atoms with Gasteiger partial charge in [-0.2, -0.15) is 13.2 Å². The molecular weight excluding hydrogens is 336 g/mol. The fourth-order valence-electron chi connectivity index (χ4n) is 3.86. The van der Waals surface area contributed by atoms with Crippen molar-refractivity contribution in [3.8, 4) is 0 Å². The van der Waals surface area contributed by atoms with Gasteiger partial charge in [-0.05, 0) is 56.0 Å². The third-order valence-corrected chi connectivity index (χ3v) is 5.13. The zero-order valence-corrected chi connectivity index (χ0v) is 14.1. The summed E-state index contributed by atoms with van der Waals surface area (Å²) in [5, 5.41) is 3.33. The summed E-state index contributed by atoms with van der Waals surface area (Å²) in [4.78, 5) is 2.14. The summed E-state index contributed by atoms with van der Waals surface area (Å²) in [5.74, 6) is -0.628. The lowest BCUT2D eigenvalue weighted by Gasteiger charge is -2.42. The van der Waals surface area contributed by atoms with Crippen molar-refractivity contribution in [2.75, 3.05) is 26.3 Å². The second kappa shape index (κ2) is 8.01. The van der Waals surface area contributed by atoms with Crippen LogP contribution in [0.4, 0.5) is 17.6 Å². The number of hydrogen-bond donors (Lipinski definition) is 1. The van der Waals surface area contributed by atoms with Gasteiger partial charge >= 0.3 is 6.18 Å². The van der Waals surface area contributed by atoms with Crippen LogP contribution in [0.1, 0.15) is 36.8 Å². The van der Waals surface area contributed by atoms with Gasteiger partial charge in [0.1, 0.15) is 5.82 Å². The lowest BCUT2D eigenvalue weighted by molar-refractivity contribution is -0.138. The molecule has 2 aliphatic heterocycles. The Morgan fingerprint density at radius 1 is 1.12 bits per heavy atom. The van der Waals surface area contributed by atoms with E-state index in [0.717, 1.165) is 57.0 Å². The van der Waals surface area contributed by atoms with E-state index in [1.54, 1.807) is 0 Å². The van der Waals surface area contributed by atoms with Gasteiger partial charge in [-0.1, -0.05) is 0 Å². The fraction of sp³-hybridized carbons (Fsp3) is 0.667. The molecule has 2 saturated heterocycles. The van der Waals surface area contributed by atoms with Gasteiger partial charge in [0.15, 0.2) is 0 Å². The number of piperidine rings is 1. The summed E-state index contributed by atoms with van der Waals surface area (Å²) in [6.07, 6.45) is -0.934. The van der Waals surface area contributed by atoms with Crippen LogP contribution in [-0.2, 0) is 17.5 Å². The van der Waals surface area contributed by atoms with Crippen LogP contribution >= 0.6 is 0 Å². The van der Waals surface area contributed by atoms with Crippen LogP contribution in [-0.4, -0.2) is 43.3 Å². The molecule has 0 spiro atoms. The predicted octanol–water partition coefficient (Wildman–Crippen LogP) is 3.58. The molecule has 25 heavy (non-hydrogen) atoms. The van der Waals surface area contributed by atoms with Crippen LogP contribution in [0.3, 0.4) is 0 Å². The Morgan fingerprint density at radius 2 is 1.88 bits per heavy atom. The van der Waals surface area contributed by atoms with Crippen molar-refractivity contribution in [1.82, 2.24) is 10.2 Å². The minimum atomic E-state index is -4.48. The molecule has 140 valence electrons. The van der Waals surface area contributed by atoms with Crippen LogP contribution < -0.4 is 5.32 Å².